The summed E-state index contributed by atoms with van der Waals surface area (Å²) in [5, 5.41) is 9.78. The van der Waals surface area contributed by atoms with Gasteiger partial charge in [-0.25, -0.2) is 17.2 Å². The Bertz CT molecular complexity index is 1260. The second-order valence-electron chi connectivity index (χ2n) is 8.27. The van der Waals surface area contributed by atoms with Crippen molar-refractivity contribution in [1.82, 2.24) is 4.57 Å². The SMILES string of the molecule is CS(=O)(=O)c1ccc(Cn2c3c(c4cc(F)cc(F)c42)CCCC(CC(=O)O)C3)cc1. The number of hydrogen-bond donors (Lipinski definition) is 1. The molecule has 4 rings (SSSR count). The number of carbonyl (C=O) groups is 1. The van der Waals surface area contributed by atoms with Gasteiger partial charge in [0.25, 0.3) is 0 Å². The van der Waals surface area contributed by atoms with Crippen LogP contribution in [0.1, 0.15) is 36.1 Å². The van der Waals surface area contributed by atoms with E-state index in [2.05, 4.69) is 0 Å². The first-order valence-corrected chi connectivity index (χ1v) is 12.0. The average molecular weight is 448 g/mol. The summed E-state index contributed by atoms with van der Waals surface area (Å²) in [5.74, 6) is -2.26. The van der Waals surface area contributed by atoms with E-state index in [4.69, 9.17) is 0 Å². The van der Waals surface area contributed by atoms with Crippen molar-refractivity contribution in [2.75, 3.05) is 6.26 Å². The first kappa shape index (κ1) is 21.5. The molecular formula is C23H23F2NO4S. The van der Waals surface area contributed by atoms with Crippen LogP contribution in [0.5, 0.6) is 0 Å². The smallest absolute Gasteiger partial charge is 0.303 e. The number of fused-ring (bicyclic) bond motifs is 3. The normalized spacial score (nSPS) is 16.8. The van der Waals surface area contributed by atoms with E-state index in [-0.39, 0.29) is 23.8 Å². The van der Waals surface area contributed by atoms with Crippen molar-refractivity contribution < 1.29 is 27.1 Å². The third-order valence-corrected chi connectivity index (χ3v) is 7.10. The topological polar surface area (TPSA) is 76.4 Å². The quantitative estimate of drug-likeness (QED) is 0.591. The summed E-state index contributed by atoms with van der Waals surface area (Å²) in [7, 11) is -3.33. The van der Waals surface area contributed by atoms with Crippen molar-refractivity contribution in [2.45, 2.75) is 43.5 Å². The molecule has 1 aromatic heterocycles. The highest BCUT2D eigenvalue weighted by Crippen LogP contribution is 2.36. The zero-order chi connectivity index (χ0) is 22.3. The number of halogens is 2. The standard InChI is InChI=1S/C23H23F2NO4S/c1-31(29,30)17-7-5-14(6-8-17)13-26-21-9-15(10-22(27)28)3-2-4-18(21)19-11-16(24)12-20(25)23(19)26/h5-8,11-12,15H,2-4,9-10,13H2,1H3,(H,27,28). The van der Waals surface area contributed by atoms with Crippen LogP contribution in [0.25, 0.3) is 10.9 Å². The molecule has 1 heterocycles. The van der Waals surface area contributed by atoms with Crippen LogP contribution < -0.4 is 0 Å². The van der Waals surface area contributed by atoms with Gasteiger partial charge < -0.3 is 9.67 Å². The van der Waals surface area contributed by atoms with Gasteiger partial charge in [-0.2, -0.15) is 0 Å². The largest absolute Gasteiger partial charge is 0.481 e. The molecule has 3 aromatic rings. The molecule has 5 nitrogen and oxygen atoms in total. The number of rotatable bonds is 5. The molecule has 31 heavy (non-hydrogen) atoms. The van der Waals surface area contributed by atoms with Crippen molar-refractivity contribution in [3.63, 3.8) is 0 Å². The van der Waals surface area contributed by atoms with Crippen molar-refractivity contribution in [1.29, 1.82) is 0 Å². The second kappa shape index (κ2) is 8.07. The van der Waals surface area contributed by atoms with Crippen molar-refractivity contribution in [3.8, 4) is 0 Å². The van der Waals surface area contributed by atoms with Gasteiger partial charge in [0.1, 0.15) is 11.6 Å². The van der Waals surface area contributed by atoms with Crippen molar-refractivity contribution >= 4 is 26.7 Å². The van der Waals surface area contributed by atoms with Gasteiger partial charge in [-0.1, -0.05) is 12.1 Å². The summed E-state index contributed by atoms with van der Waals surface area (Å²) >= 11 is 0. The van der Waals surface area contributed by atoms with Gasteiger partial charge in [0.2, 0.25) is 0 Å². The lowest BCUT2D eigenvalue weighted by molar-refractivity contribution is -0.138. The van der Waals surface area contributed by atoms with Gasteiger partial charge in [0.05, 0.1) is 10.4 Å². The Balaban J connectivity index is 1.83. The molecule has 1 unspecified atom stereocenters. The molecule has 164 valence electrons. The number of nitrogens with zero attached hydrogens (tertiary/aromatic N) is 1. The van der Waals surface area contributed by atoms with Crippen LogP contribution in [0.3, 0.4) is 0 Å². The lowest BCUT2D eigenvalue weighted by Crippen LogP contribution is -2.13. The Morgan fingerprint density at radius 1 is 1.19 bits per heavy atom. The molecule has 0 saturated carbocycles. The summed E-state index contributed by atoms with van der Waals surface area (Å²) in [4.78, 5) is 11.5. The van der Waals surface area contributed by atoms with E-state index in [0.717, 1.165) is 42.0 Å². The Labute approximate surface area is 179 Å². The number of carboxylic acids is 1. The van der Waals surface area contributed by atoms with Gasteiger partial charge in [-0.3, -0.25) is 4.79 Å². The molecule has 1 aliphatic carbocycles. The lowest BCUT2D eigenvalue weighted by atomic mass is 9.96. The summed E-state index contributed by atoms with van der Waals surface area (Å²) < 4.78 is 54.2. The lowest BCUT2D eigenvalue weighted by Gasteiger charge is -2.16. The predicted molar refractivity (Wildman–Crippen MR) is 113 cm³/mol. The third-order valence-electron chi connectivity index (χ3n) is 5.97. The molecule has 1 atom stereocenters. The number of benzene rings is 2. The maximum Gasteiger partial charge on any atom is 0.303 e. The molecule has 0 spiro atoms. The molecule has 0 bridgehead atoms. The molecule has 0 saturated heterocycles. The monoisotopic (exact) mass is 447 g/mol. The second-order valence-corrected chi connectivity index (χ2v) is 10.3. The molecule has 1 N–H and O–H groups in total. The van der Waals surface area contributed by atoms with Crippen LogP contribution in [0.4, 0.5) is 8.78 Å². The molecule has 8 heteroatoms. The first-order valence-electron chi connectivity index (χ1n) is 10.1. The molecule has 2 aromatic carbocycles. The zero-order valence-electron chi connectivity index (χ0n) is 17.1. The van der Waals surface area contributed by atoms with Crippen LogP contribution in [0.2, 0.25) is 0 Å². The molecular weight excluding hydrogens is 424 g/mol. The number of aryl methyl sites for hydroxylation is 1. The van der Waals surface area contributed by atoms with Gasteiger partial charge >= 0.3 is 5.97 Å². The highest BCUT2D eigenvalue weighted by molar-refractivity contribution is 7.90. The van der Waals surface area contributed by atoms with Crippen LogP contribution in [0.15, 0.2) is 41.3 Å². The summed E-state index contributed by atoms with van der Waals surface area (Å²) in [5.41, 5.74) is 2.77. The summed E-state index contributed by atoms with van der Waals surface area (Å²) in [6, 6.07) is 8.59. The molecule has 0 fully saturated rings. The van der Waals surface area contributed by atoms with E-state index in [1.165, 1.54) is 18.2 Å². The van der Waals surface area contributed by atoms with Crippen LogP contribution in [-0.4, -0.2) is 30.3 Å². The van der Waals surface area contributed by atoms with Crippen LogP contribution >= 0.6 is 0 Å². The molecule has 0 radical (unpaired) electrons. The van der Waals surface area contributed by atoms with Crippen molar-refractivity contribution in [2.24, 2.45) is 5.92 Å². The van der Waals surface area contributed by atoms with Gasteiger partial charge in [0.15, 0.2) is 9.84 Å². The fraction of sp³-hybridized carbons (Fsp3) is 0.348. The number of aliphatic carboxylic acids is 1. The Morgan fingerprint density at radius 2 is 1.90 bits per heavy atom. The van der Waals surface area contributed by atoms with E-state index in [9.17, 15) is 27.1 Å². The van der Waals surface area contributed by atoms with E-state index in [1.807, 2.05) is 0 Å². The number of sulfone groups is 1. The van der Waals surface area contributed by atoms with E-state index >= 15 is 0 Å². The molecule has 1 aliphatic rings. The first-order chi connectivity index (χ1) is 14.6. The highest BCUT2D eigenvalue weighted by atomic mass is 32.2. The molecule has 0 amide bonds. The predicted octanol–water partition coefficient (Wildman–Crippen LogP) is 4.34. The van der Waals surface area contributed by atoms with Gasteiger partial charge in [0, 0.05) is 36.4 Å². The Morgan fingerprint density at radius 3 is 2.55 bits per heavy atom. The zero-order valence-corrected chi connectivity index (χ0v) is 17.9. The van der Waals surface area contributed by atoms with Gasteiger partial charge in [-0.15, -0.1) is 0 Å². The minimum atomic E-state index is -3.33. The summed E-state index contributed by atoms with van der Waals surface area (Å²) in [6.07, 6.45) is 3.76. The van der Waals surface area contributed by atoms with Gasteiger partial charge in [-0.05, 0) is 60.9 Å². The minimum absolute atomic E-state index is 0.0286. The minimum Gasteiger partial charge on any atom is -0.481 e. The number of carboxylic acid groups (broad SMARTS) is 1. The van der Waals surface area contributed by atoms with Crippen LogP contribution in [0, 0.1) is 17.6 Å². The maximum atomic E-state index is 14.9. The average Bonchev–Trinajstić information content (AvgIpc) is 2.82. The number of hydrogen-bond acceptors (Lipinski definition) is 3. The van der Waals surface area contributed by atoms with Crippen molar-refractivity contribution in [3.05, 3.63) is 64.9 Å². The maximum absolute atomic E-state index is 14.9. The third kappa shape index (κ3) is 4.35. The Kier molecular flexibility index (Phi) is 5.60. The summed E-state index contributed by atoms with van der Waals surface area (Å²) in [6.45, 7) is 0.276. The Hall–Kier alpha value is -2.74. The fourth-order valence-electron chi connectivity index (χ4n) is 4.60. The van der Waals surface area contributed by atoms with E-state index in [0.29, 0.717) is 23.7 Å². The van der Waals surface area contributed by atoms with Crippen LogP contribution in [-0.2, 0) is 34.0 Å². The van der Waals surface area contributed by atoms with E-state index in [1.54, 1.807) is 16.7 Å². The highest BCUT2D eigenvalue weighted by Gasteiger charge is 2.27. The fourth-order valence-corrected chi connectivity index (χ4v) is 5.23. The number of aromatic nitrogens is 1. The van der Waals surface area contributed by atoms with E-state index < -0.39 is 27.4 Å². The molecule has 0 aliphatic heterocycles.